The summed E-state index contributed by atoms with van der Waals surface area (Å²) in [5.41, 5.74) is 7.11. The molecular formula is C17H24N2O. The SMILES string of the molecule is Nc1cccnc1OCCC12CC3CC(CC(C3)C1)C2. The summed E-state index contributed by atoms with van der Waals surface area (Å²) in [6.45, 7) is 0.771. The van der Waals surface area contributed by atoms with Crippen molar-refractivity contribution in [3.63, 3.8) is 0 Å². The van der Waals surface area contributed by atoms with Crippen molar-refractivity contribution in [2.24, 2.45) is 23.2 Å². The van der Waals surface area contributed by atoms with E-state index >= 15 is 0 Å². The van der Waals surface area contributed by atoms with Gasteiger partial charge in [0, 0.05) is 6.20 Å². The molecule has 0 spiro atoms. The number of pyridine rings is 1. The zero-order valence-electron chi connectivity index (χ0n) is 12.1. The zero-order chi connectivity index (χ0) is 13.6. The Labute approximate surface area is 120 Å². The van der Waals surface area contributed by atoms with Crippen LogP contribution >= 0.6 is 0 Å². The Morgan fingerprint density at radius 1 is 1.15 bits per heavy atom. The lowest BCUT2D eigenvalue weighted by atomic mass is 9.49. The molecule has 4 fully saturated rings. The van der Waals surface area contributed by atoms with Crippen LogP contribution in [-0.4, -0.2) is 11.6 Å². The fourth-order valence-corrected chi connectivity index (χ4v) is 5.48. The van der Waals surface area contributed by atoms with Crippen LogP contribution in [0.4, 0.5) is 5.69 Å². The van der Waals surface area contributed by atoms with Gasteiger partial charge in [-0.25, -0.2) is 4.98 Å². The summed E-state index contributed by atoms with van der Waals surface area (Å²) < 4.78 is 5.84. The normalized spacial score (nSPS) is 38.1. The van der Waals surface area contributed by atoms with Gasteiger partial charge in [0.15, 0.2) is 0 Å². The molecule has 0 aromatic carbocycles. The maximum absolute atomic E-state index is 5.88. The van der Waals surface area contributed by atoms with Crippen molar-refractivity contribution < 1.29 is 4.74 Å². The number of ether oxygens (including phenoxy) is 1. The molecule has 1 aromatic rings. The second kappa shape index (κ2) is 4.64. The highest BCUT2D eigenvalue weighted by Crippen LogP contribution is 2.61. The summed E-state index contributed by atoms with van der Waals surface area (Å²) in [5.74, 6) is 3.65. The summed E-state index contributed by atoms with van der Waals surface area (Å²) in [5, 5.41) is 0. The Balaban J connectivity index is 1.39. The molecule has 1 aromatic heterocycles. The van der Waals surface area contributed by atoms with Crippen LogP contribution in [0.3, 0.4) is 0 Å². The first-order chi connectivity index (χ1) is 9.72. The first-order valence-electron chi connectivity index (χ1n) is 8.06. The highest BCUT2D eigenvalue weighted by atomic mass is 16.5. The summed E-state index contributed by atoms with van der Waals surface area (Å²) in [6, 6.07) is 3.70. The van der Waals surface area contributed by atoms with E-state index in [1.54, 1.807) is 6.20 Å². The lowest BCUT2D eigenvalue weighted by Crippen LogP contribution is -2.46. The van der Waals surface area contributed by atoms with Crippen molar-refractivity contribution in [3.05, 3.63) is 18.3 Å². The minimum atomic E-state index is 0.582. The van der Waals surface area contributed by atoms with E-state index in [0.717, 1.165) is 24.4 Å². The van der Waals surface area contributed by atoms with E-state index in [1.807, 2.05) is 12.1 Å². The summed E-state index contributed by atoms with van der Waals surface area (Å²) in [7, 11) is 0. The summed E-state index contributed by atoms with van der Waals surface area (Å²) >= 11 is 0. The van der Waals surface area contributed by atoms with Gasteiger partial charge >= 0.3 is 0 Å². The standard InChI is InChI=1S/C17H24N2O/c18-15-2-1-4-19-16(15)20-5-3-17-9-12-6-13(10-17)8-14(7-12)11-17/h1-2,4,12-14H,3,5-11,18H2. The third-order valence-corrected chi connectivity index (χ3v) is 5.84. The Morgan fingerprint density at radius 2 is 1.80 bits per heavy atom. The van der Waals surface area contributed by atoms with Gasteiger partial charge in [-0.3, -0.25) is 0 Å². The van der Waals surface area contributed by atoms with Crippen LogP contribution in [0.1, 0.15) is 44.9 Å². The quantitative estimate of drug-likeness (QED) is 0.910. The molecule has 1 heterocycles. The molecule has 5 rings (SSSR count). The molecule has 3 nitrogen and oxygen atoms in total. The lowest BCUT2D eigenvalue weighted by molar-refractivity contribution is -0.0624. The number of hydrogen-bond acceptors (Lipinski definition) is 3. The van der Waals surface area contributed by atoms with Gasteiger partial charge in [0.2, 0.25) is 5.88 Å². The second-order valence-corrected chi connectivity index (χ2v) is 7.41. The Bertz CT molecular complexity index is 464. The first kappa shape index (κ1) is 12.5. The molecule has 0 saturated heterocycles. The van der Waals surface area contributed by atoms with Crippen LogP contribution in [0.15, 0.2) is 18.3 Å². The maximum Gasteiger partial charge on any atom is 0.237 e. The molecule has 0 aliphatic heterocycles. The van der Waals surface area contributed by atoms with Gasteiger partial charge in [0.1, 0.15) is 0 Å². The number of rotatable bonds is 4. The molecule has 4 saturated carbocycles. The average Bonchev–Trinajstić information content (AvgIpc) is 2.39. The van der Waals surface area contributed by atoms with Crippen LogP contribution in [0.2, 0.25) is 0 Å². The minimum absolute atomic E-state index is 0.582. The van der Waals surface area contributed by atoms with Crippen LogP contribution in [0, 0.1) is 23.2 Å². The number of nitrogens with zero attached hydrogens (tertiary/aromatic N) is 1. The number of nitrogens with two attached hydrogens (primary N) is 1. The van der Waals surface area contributed by atoms with Gasteiger partial charge in [-0.15, -0.1) is 0 Å². The minimum Gasteiger partial charge on any atom is -0.476 e. The predicted molar refractivity (Wildman–Crippen MR) is 79.4 cm³/mol. The number of nitrogen functional groups attached to an aromatic ring is 1. The fourth-order valence-electron chi connectivity index (χ4n) is 5.48. The van der Waals surface area contributed by atoms with Gasteiger partial charge in [0.25, 0.3) is 0 Å². The van der Waals surface area contributed by atoms with Crippen molar-refractivity contribution in [1.82, 2.24) is 4.98 Å². The molecule has 4 bridgehead atoms. The molecule has 0 radical (unpaired) electrons. The molecule has 2 N–H and O–H groups in total. The monoisotopic (exact) mass is 272 g/mol. The molecule has 0 unspecified atom stereocenters. The molecule has 20 heavy (non-hydrogen) atoms. The topological polar surface area (TPSA) is 48.1 Å². The number of hydrogen-bond donors (Lipinski definition) is 1. The van der Waals surface area contributed by atoms with Crippen molar-refractivity contribution in [2.75, 3.05) is 12.3 Å². The van der Waals surface area contributed by atoms with E-state index in [1.165, 1.54) is 44.9 Å². The van der Waals surface area contributed by atoms with Gasteiger partial charge in [-0.2, -0.15) is 0 Å². The first-order valence-corrected chi connectivity index (χ1v) is 8.06. The number of anilines is 1. The van der Waals surface area contributed by atoms with E-state index in [0.29, 0.717) is 17.0 Å². The molecule has 0 atom stereocenters. The number of aromatic nitrogens is 1. The smallest absolute Gasteiger partial charge is 0.237 e. The van der Waals surface area contributed by atoms with Gasteiger partial charge in [-0.1, -0.05) is 0 Å². The van der Waals surface area contributed by atoms with Crippen LogP contribution in [0.25, 0.3) is 0 Å². The lowest BCUT2D eigenvalue weighted by Gasteiger charge is -2.57. The highest BCUT2D eigenvalue weighted by molar-refractivity contribution is 5.46. The van der Waals surface area contributed by atoms with Crippen molar-refractivity contribution in [3.8, 4) is 5.88 Å². The molecule has 0 amide bonds. The maximum atomic E-state index is 5.88. The molecular weight excluding hydrogens is 248 g/mol. The van der Waals surface area contributed by atoms with Crippen molar-refractivity contribution in [2.45, 2.75) is 44.9 Å². The third kappa shape index (κ3) is 2.17. The van der Waals surface area contributed by atoms with Crippen LogP contribution in [0.5, 0.6) is 5.88 Å². The Hall–Kier alpha value is -1.25. The van der Waals surface area contributed by atoms with E-state index in [4.69, 9.17) is 10.5 Å². The van der Waals surface area contributed by atoms with E-state index in [2.05, 4.69) is 4.98 Å². The Morgan fingerprint density at radius 3 is 2.40 bits per heavy atom. The molecule has 4 aliphatic carbocycles. The van der Waals surface area contributed by atoms with Gasteiger partial charge in [0.05, 0.1) is 12.3 Å². The zero-order valence-corrected chi connectivity index (χ0v) is 12.1. The summed E-state index contributed by atoms with van der Waals surface area (Å²) in [4.78, 5) is 4.21. The third-order valence-electron chi connectivity index (χ3n) is 5.84. The molecule has 4 aliphatic rings. The van der Waals surface area contributed by atoms with E-state index < -0.39 is 0 Å². The van der Waals surface area contributed by atoms with Crippen molar-refractivity contribution >= 4 is 5.69 Å². The van der Waals surface area contributed by atoms with Crippen LogP contribution < -0.4 is 10.5 Å². The average molecular weight is 272 g/mol. The van der Waals surface area contributed by atoms with Gasteiger partial charge in [-0.05, 0) is 80.2 Å². The molecule has 3 heteroatoms. The molecule has 108 valence electrons. The van der Waals surface area contributed by atoms with E-state index in [-0.39, 0.29) is 0 Å². The van der Waals surface area contributed by atoms with Gasteiger partial charge < -0.3 is 10.5 Å². The second-order valence-electron chi connectivity index (χ2n) is 7.41. The van der Waals surface area contributed by atoms with Crippen molar-refractivity contribution in [1.29, 1.82) is 0 Å². The highest BCUT2D eigenvalue weighted by Gasteiger charge is 2.50. The largest absolute Gasteiger partial charge is 0.476 e. The Kier molecular flexibility index (Phi) is 2.90. The van der Waals surface area contributed by atoms with Crippen LogP contribution in [-0.2, 0) is 0 Å². The fraction of sp³-hybridized carbons (Fsp3) is 0.706. The predicted octanol–water partition coefficient (Wildman–Crippen LogP) is 3.65. The summed E-state index contributed by atoms with van der Waals surface area (Å²) in [6.07, 6.45) is 11.8. The van der Waals surface area contributed by atoms with E-state index in [9.17, 15) is 0 Å².